The molecule has 1 aliphatic heterocycles. The maximum absolute atomic E-state index is 5.67. The summed E-state index contributed by atoms with van der Waals surface area (Å²) in [6, 6.07) is 4.56. The fourth-order valence-electron chi connectivity index (χ4n) is 4.15. The molecule has 1 aromatic carbocycles. The average Bonchev–Trinajstić information content (AvgIpc) is 2.74. The van der Waals surface area contributed by atoms with Crippen molar-refractivity contribution in [1.82, 2.24) is 15.1 Å². The highest BCUT2D eigenvalue weighted by atomic mass is 32.1. The van der Waals surface area contributed by atoms with Crippen molar-refractivity contribution in [2.24, 2.45) is 0 Å². The summed E-state index contributed by atoms with van der Waals surface area (Å²) in [6.07, 6.45) is 6.50. The molecule has 1 saturated heterocycles. The smallest absolute Gasteiger partial charge is 0.203 e. The van der Waals surface area contributed by atoms with Crippen LogP contribution >= 0.6 is 12.2 Å². The zero-order chi connectivity index (χ0) is 19.9. The molecule has 2 fully saturated rings. The first-order valence-corrected chi connectivity index (χ1v) is 10.6. The number of rotatable bonds is 6. The molecule has 0 unspecified atom stereocenters. The largest absolute Gasteiger partial charge is 0.493 e. The van der Waals surface area contributed by atoms with Crippen molar-refractivity contribution >= 4 is 17.3 Å². The number of hydrogen-bond acceptors (Lipinski definition) is 5. The van der Waals surface area contributed by atoms with E-state index in [9.17, 15) is 0 Å². The number of hydrogen-bond donors (Lipinski definition) is 1. The van der Waals surface area contributed by atoms with Crippen LogP contribution < -0.4 is 19.5 Å². The van der Waals surface area contributed by atoms with Gasteiger partial charge in [0.2, 0.25) is 5.75 Å². The third-order valence-corrected chi connectivity index (χ3v) is 6.15. The molecule has 7 heteroatoms. The quantitative estimate of drug-likeness (QED) is 0.727. The van der Waals surface area contributed by atoms with Crippen LogP contribution in [0.15, 0.2) is 12.1 Å². The Hall–Kier alpha value is -1.73. The van der Waals surface area contributed by atoms with Gasteiger partial charge < -0.3 is 24.4 Å². The SMILES string of the molecule is COc1ccc(CN2CCN(C(=S)NC3CCCCC3)CC2)c(OC)c1OC. The van der Waals surface area contributed by atoms with E-state index in [-0.39, 0.29) is 0 Å². The van der Waals surface area contributed by atoms with Crippen LogP contribution in [0, 0.1) is 0 Å². The van der Waals surface area contributed by atoms with Crippen molar-refractivity contribution < 1.29 is 14.2 Å². The summed E-state index contributed by atoms with van der Waals surface area (Å²) in [7, 11) is 4.96. The summed E-state index contributed by atoms with van der Waals surface area (Å²) in [5.41, 5.74) is 1.11. The van der Waals surface area contributed by atoms with E-state index in [0.717, 1.165) is 49.1 Å². The van der Waals surface area contributed by atoms with Gasteiger partial charge in [0.1, 0.15) is 0 Å². The second-order valence-corrected chi connectivity index (χ2v) is 7.93. The second kappa shape index (κ2) is 10.2. The molecule has 1 heterocycles. The summed E-state index contributed by atoms with van der Waals surface area (Å²) >= 11 is 5.67. The van der Waals surface area contributed by atoms with Crippen molar-refractivity contribution in [3.63, 3.8) is 0 Å². The highest BCUT2D eigenvalue weighted by Crippen LogP contribution is 2.40. The zero-order valence-corrected chi connectivity index (χ0v) is 18.1. The van der Waals surface area contributed by atoms with Gasteiger partial charge >= 0.3 is 0 Å². The Balaban J connectivity index is 1.55. The van der Waals surface area contributed by atoms with Gasteiger partial charge in [-0.2, -0.15) is 0 Å². The summed E-state index contributed by atoms with van der Waals surface area (Å²) in [6.45, 7) is 4.68. The molecule has 1 aromatic rings. The first kappa shape index (κ1) is 21.0. The van der Waals surface area contributed by atoms with E-state index in [1.54, 1.807) is 21.3 Å². The van der Waals surface area contributed by atoms with Crippen LogP contribution in [0.2, 0.25) is 0 Å². The maximum Gasteiger partial charge on any atom is 0.203 e. The molecule has 2 aliphatic rings. The monoisotopic (exact) mass is 407 g/mol. The lowest BCUT2D eigenvalue weighted by Gasteiger charge is -2.38. The average molecular weight is 408 g/mol. The Morgan fingerprint density at radius 2 is 1.64 bits per heavy atom. The van der Waals surface area contributed by atoms with Gasteiger partial charge in [-0.15, -0.1) is 0 Å². The van der Waals surface area contributed by atoms with Gasteiger partial charge in [-0.05, 0) is 31.1 Å². The van der Waals surface area contributed by atoms with Crippen molar-refractivity contribution in [2.75, 3.05) is 47.5 Å². The Morgan fingerprint density at radius 1 is 0.964 bits per heavy atom. The van der Waals surface area contributed by atoms with Crippen LogP contribution in [0.4, 0.5) is 0 Å². The highest BCUT2D eigenvalue weighted by Gasteiger charge is 2.23. The Labute approximate surface area is 174 Å². The van der Waals surface area contributed by atoms with E-state index in [4.69, 9.17) is 26.4 Å². The van der Waals surface area contributed by atoms with Crippen LogP contribution in [-0.2, 0) is 6.54 Å². The van der Waals surface area contributed by atoms with E-state index >= 15 is 0 Å². The predicted molar refractivity (Wildman–Crippen MR) is 116 cm³/mol. The van der Waals surface area contributed by atoms with Crippen LogP contribution in [0.3, 0.4) is 0 Å². The lowest BCUT2D eigenvalue weighted by molar-refractivity contribution is 0.171. The van der Waals surface area contributed by atoms with Gasteiger partial charge in [0, 0.05) is 44.3 Å². The van der Waals surface area contributed by atoms with E-state index in [0.29, 0.717) is 17.5 Å². The van der Waals surface area contributed by atoms with Crippen LogP contribution in [0.5, 0.6) is 17.2 Å². The standard InChI is InChI=1S/C21H33N3O3S/c1-25-18-10-9-16(19(26-2)20(18)27-3)15-23-11-13-24(14-12-23)21(28)22-17-7-5-4-6-8-17/h9-10,17H,4-8,11-15H2,1-3H3,(H,22,28). The van der Waals surface area contributed by atoms with Gasteiger partial charge in [0.05, 0.1) is 21.3 Å². The number of benzene rings is 1. The first-order valence-electron chi connectivity index (χ1n) is 10.2. The number of thiocarbonyl (C=S) groups is 1. The number of piperazine rings is 1. The van der Waals surface area contributed by atoms with Gasteiger partial charge in [0.25, 0.3) is 0 Å². The van der Waals surface area contributed by atoms with E-state index in [1.165, 1.54) is 32.1 Å². The third kappa shape index (κ3) is 5.00. The number of nitrogens with zero attached hydrogens (tertiary/aromatic N) is 2. The lowest BCUT2D eigenvalue weighted by atomic mass is 9.96. The number of methoxy groups -OCH3 is 3. The third-order valence-electron chi connectivity index (χ3n) is 5.77. The predicted octanol–water partition coefficient (Wildman–Crippen LogP) is 3.04. The van der Waals surface area contributed by atoms with Crippen LogP contribution in [0.1, 0.15) is 37.7 Å². The number of nitrogens with one attached hydrogen (secondary N) is 1. The molecule has 0 radical (unpaired) electrons. The topological polar surface area (TPSA) is 46.2 Å². The molecular weight excluding hydrogens is 374 g/mol. The maximum atomic E-state index is 5.67. The molecule has 0 spiro atoms. The fourth-order valence-corrected chi connectivity index (χ4v) is 4.50. The van der Waals surface area contributed by atoms with Crippen molar-refractivity contribution in [1.29, 1.82) is 0 Å². The van der Waals surface area contributed by atoms with Gasteiger partial charge in [-0.25, -0.2) is 0 Å². The molecule has 156 valence electrons. The van der Waals surface area contributed by atoms with Crippen molar-refractivity contribution in [2.45, 2.75) is 44.7 Å². The normalized spacial score (nSPS) is 18.6. The van der Waals surface area contributed by atoms with Crippen molar-refractivity contribution in [3.8, 4) is 17.2 Å². The second-order valence-electron chi connectivity index (χ2n) is 7.54. The fraction of sp³-hybridized carbons (Fsp3) is 0.667. The molecule has 1 aliphatic carbocycles. The lowest BCUT2D eigenvalue weighted by Crippen LogP contribution is -2.53. The Kier molecular flexibility index (Phi) is 7.62. The highest BCUT2D eigenvalue weighted by molar-refractivity contribution is 7.80. The van der Waals surface area contributed by atoms with E-state index in [1.807, 2.05) is 6.07 Å². The molecule has 6 nitrogen and oxygen atoms in total. The minimum atomic E-state index is 0.565. The zero-order valence-electron chi connectivity index (χ0n) is 17.3. The molecule has 1 N–H and O–H groups in total. The van der Waals surface area contributed by atoms with Crippen LogP contribution in [-0.4, -0.2) is 68.5 Å². The Morgan fingerprint density at radius 3 is 2.25 bits per heavy atom. The summed E-state index contributed by atoms with van der Waals surface area (Å²) in [4.78, 5) is 4.75. The van der Waals surface area contributed by atoms with Gasteiger partial charge in [0.15, 0.2) is 16.6 Å². The molecule has 0 amide bonds. The first-order chi connectivity index (χ1) is 13.7. The minimum absolute atomic E-state index is 0.565. The van der Waals surface area contributed by atoms with E-state index in [2.05, 4.69) is 21.2 Å². The molecule has 28 heavy (non-hydrogen) atoms. The molecular formula is C21H33N3O3S. The minimum Gasteiger partial charge on any atom is -0.493 e. The van der Waals surface area contributed by atoms with Crippen molar-refractivity contribution in [3.05, 3.63) is 17.7 Å². The van der Waals surface area contributed by atoms with Gasteiger partial charge in [-0.1, -0.05) is 25.3 Å². The summed E-state index contributed by atoms with van der Waals surface area (Å²) in [5.74, 6) is 2.09. The molecule has 3 rings (SSSR count). The van der Waals surface area contributed by atoms with E-state index < -0.39 is 0 Å². The Bertz CT molecular complexity index is 657. The molecule has 0 atom stereocenters. The summed E-state index contributed by atoms with van der Waals surface area (Å²) < 4.78 is 16.5. The summed E-state index contributed by atoms with van der Waals surface area (Å²) in [5, 5.41) is 4.51. The van der Waals surface area contributed by atoms with Crippen LogP contribution in [0.25, 0.3) is 0 Å². The number of ether oxygens (including phenoxy) is 3. The van der Waals surface area contributed by atoms with Gasteiger partial charge in [-0.3, -0.25) is 4.90 Å². The molecule has 0 bridgehead atoms. The molecule has 1 saturated carbocycles. The molecule has 0 aromatic heterocycles.